The average Bonchev–Trinajstić information content (AvgIpc) is 2.87. The van der Waals surface area contributed by atoms with Crippen LogP contribution in [0.4, 0.5) is 0 Å². The number of nitrogens with zero attached hydrogens (tertiary/aromatic N) is 1. The van der Waals surface area contributed by atoms with Gasteiger partial charge in [-0.2, -0.15) is 0 Å². The molecule has 0 aliphatic carbocycles. The van der Waals surface area contributed by atoms with Crippen LogP contribution in [0.15, 0.2) is 48.8 Å². The van der Waals surface area contributed by atoms with Gasteiger partial charge in [-0.1, -0.05) is 12.1 Å². The zero-order valence-electron chi connectivity index (χ0n) is 10.2. The zero-order valence-corrected chi connectivity index (χ0v) is 10.2. The first-order valence-electron chi connectivity index (χ1n) is 6.03. The minimum atomic E-state index is 0.691. The quantitative estimate of drug-likeness (QED) is 0.756. The Bertz CT molecular complexity index is 656. The van der Waals surface area contributed by atoms with Crippen LogP contribution in [-0.4, -0.2) is 16.6 Å². The van der Waals surface area contributed by atoms with Gasteiger partial charge in [-0.25, -0.2) is 4.98 Å². The Kier molecular flexibility index (Phi) is 2.73. The summed E-state index contributed by atoms with van der Waals surface area (Å²) in [5, 5.41) is 1.13. The van der Waals surface area contributed by atoms with E-state index in [9.17, 15) is 0 Å². The Morgan fingerprint density at radius 3 is 2.72 bits per heavy atom. The second kappa shape index (κ2) is 4.53. The predicted octanol–water partition coefficient (Wildman–Crippen LogP) is 3.63. The van der Waals surface area contributed by atoms with Crippen LogP contribution < -0.4 is 4.74 Å². The topological polar surface area (TPSA) is 37.9 Å². The van der Waals surface area contributed by atoms with E-state index >= 15 is 0 Å². The lowest BCUT2D eigenvalue weighted by Crippen LogP contribution is -1.90. The van der Waals surface area contributed by atoms with E-state index in [4.69, 9.17) is 4.74 Å². The van der Waals surface area contributed by atoms with E-state index in [0.717, 1.165) is 27.9 Å². The standard InChI is InChI=1S/C15H14N2O/c1-2-18-14-5-3-11(4-6-14)13-9-12-7-8-16-15(12)17-10-13/h3-10H,2H2,1H3,(H,16,17). The fraction of sp³-hybridized carbons (Fsp3) is 0.133. The normalized spacial score (nSPS) is 10.7. The van der Waals surface area contributed by atoms with Crippen LogP contribution in [0.5, 0.6) is 5.75 Å². The molecule has 0 aliphatic heterocycles. The summed E-state index contributed by atoms with van der Waals surface area (Å²) in [6, 6.07) is 12.2. The minimum Gasteiger partial charge on any atom is -0.494 e. The van der Waals surface area contributed by atoms with Gasteiger partial charge >= 0.3 is 0 Å². The van der Waals surface area contributed by atoms with E-state index in [0.29, 0.717) is 6.61 Å². The van der Waals surface area contributed by atoms with Crippen molar-refractivity contribution in [3.8, 4) is 16.9 Å². The number of hydrogen-bond donors (Lipinski definition) is 1. The molecule has 0 aliphatic rings. The van der Waals surface area contributed by atoms with Crippen LogP contribution in [-0.2, 0) is 0 Å². The molecule has 2 aromatic heterocycles. The zero-order chi connectivity index (χ0) is 12.4. The molecule has 2 heterocycles. The molecule has 90 valence electrons. The van der Waals surface area contributed by atoms with Crippen molar-refractivity contribution in [1.29, 1.82) is 0 Å². The van der Waals surface area contributed by atoms with Crippen LogP contribution in [0.1, 0.15) is 6.92 Å². The van der Waals surface area contributed by atoms with E-state index in [1.807, 2.05) is 37.5 Å². The number of aromatic nitrogens is 2. The lowest BCUT2D eigenvalue weighted by molar-refractivity contribution is 0.340. The summed E-state index contributed by atoms with van der Waals surface area (Å²) in [4.78, 5) is 7.48. The number of ether oxygens (including phenoxy) is 1. The summed E-state index contributed by atoms with van der Waals surface area (Å²) >= 11 is 0. The highest BCUT2D eigenvalue weighted by atomic mass is 16.5. The maximum atomic E-state index is 5.43. The molecule has 18 heavy (non-hydrogen) atoms. The molecule has 3 heteroatoms. The molecule has 3 nitrogen and oxygen atoms in total. The molecule has 0 saturated heterocycles. The number of fused-ring (bicyclic) bond motifs is 1. The Morgan fingerprint density at radius 2 is 1.94 bits per heavy atom. The van der Waals surface area contributed by atoms with Crippen molar-refractivity contribution in [3.63, 3.8) is 0 Å². The van der Waals surface area contributed by atoms with Crippen molar-refractivity contribution in [3.05, 3.63) is 48.8 Å². The Balaban J connectivity index is 1.97. The monoisotopic (exact) mass is 238 g/mol. The highest BCUT2D eigenvalue weighted by Crippen LogP contribution is 2.24. The van der Waals surface area contributed by atoms with Gasteiger partial charge in [-0.15, -0.1) is 0 Å². The van der Waals surface area contributed by atoms with Gasteiger partial charge in [0.15, 0.2) is 0 Å². The number of benzene rings is 1. The molecule has 0 bridgehead atoms. The number of hydrogen-bond acceptors (Lipinski definition) is 2. The molecule has 0 spiro atoms. The second-order valence-electron chi connectivity index (χ2n) is 4.10. The van der Waals surface area contributed by atoms with Crippen LogP contribution in [0.3, 0.4) is 0 Å². The number of rotatable bonds is 3. The van der Waals surface area contributed by atoms with E-state index in [-0.39, 0.29) is 0 Å². The summed E-state index contributed by atoms with van der Waals surface area (Å²) in [5.41, 5.74) is 3.18. The van der Waals surface area contributed by atoms with Crippen molar-refractivity contribution < 1.29 is 4.74 Å². The van der Waals surface area contributed by atoms with E-state index in [2.05, 4.69) is 28.2 Å². The minimum absolute atomic E-state index is 0.691. The first kappa shape index (κ1) is 10.8. The van der Waals surface area contributed by atoms with Crippen molar-refractivity contribution in [2.45, 2.75) is 6.92 Å². The molecule has 0 amide bonds. The van der Waals surface area contributed by atoms with Gasteiger partial charge in [0.1, 0.15) is 11.4 Å². The SMILES string of the molecule is CCOc1ccc(-c2cnc3[nH]ccc3c2)cc1. The van der Waals surface area contributed by atoms with E-state index in [1.54, 1.807) is 0 Å². The Morgan fingerprint density at radius 1 is 1.11 bits per heavy atom. The number of nitrogens with one attached hydrogen (secondary N) is 1. The summed E-state index contributed by atoms with van der Waals surface area (Å²) in [6.07, 6.45) is 3.79. The molecular formula is C15H14N2O. The molecule has 0 unspecified atom stereocenters. The molecule has 0 radical (unpaired) electrons. The third-order valence-corrected chi connectivity index (χ3v) is 2.90. The van der Waals surface area contributed by atoms with Crippen LogP contribution in [0.2, 0.25) is 0 Å². The molecular weight excluding hydrogens is 224 g/mol. The number of pyridine rings is 1. The molecule has 3 rings (SSSR count). The second-order valence-corrected chi connectivity index (χ2v) is 4.10. The van der Waals surface area contributed by atoms with Gasteiger partial charge in [-0.05, 0) is 36.8 Å². The van der Waals surface area contributed by atoms with E-state index < -0.39 is 0 Å². The lowest BCUT2D eigenvalue weighted by Gasteiger charge is -2.05. The highest BCUT2D eigenvalue weighted by molar-refractivity contribution is 5.81. The highest BCUT2D eigenvalue weighted by Gasteiger charge is 2.02. The smallest absolute Gasteiger partial charge is 0.137 e. The maximum Gasteiger partial charge on any atom is 0.137 e. The number of aromatic amines is 1. The molecule has 3 aromatic rings. The first-order chi connectivity index (χ1) is 8.86. The largest absolute Gasteiger partial charge is 0.494 e. The van der Waals surface area contributed by atoms with Gasteiger partial charge in [-0.3, -0.25) is 0 Å². The summed E-state index contributed by atoms with van der Waals surface area (Å²) < 4.78 is 5.43. The average molecular weight is 238 g/mol. The lowest BCUT2D eigenvalue weighted by atomic mass is 10.1. The predicted molar refractivity (Wildman–Crippen MR) is 72.7 cm³/mol. The fourth-order valence-corrected chi connectivity index (χ4v) is 2.01. The summed E-state index contributed by atoms with van der Waals surface area (Å²) in [6.45, 7) is 2.67. The maximum absolute atomic E-state index is 5.43. The summed E-state index contributed by atoms with van der Waals surface area (Å²) in [7, 11) is 0. The molecule has 0 fully saturated rings. The van der Waals surface area contributed by atoms with Crippen molar-refractivity contribution >= 4 is 11.0 Å². The van der Waals surface area contributed by atoms with Crippen molar-refractivity contribution in [1.82, 2.24) is 9.97 Å². The van der Waals surface area contributed by atoms with Gasteiger partial charge < -0.3 is 9.72 Å². The Labute approximate surface area is 105 Å². The van der Waals surface area contributed by atoms with Gasteiger partial charge in [0.25, 0.3) is 0 Å². The van der Waals surface area contributed by atoms with Crippen LogP contribution in [0, 0.1) is 0 Å². The van der Waals surface area contributed by atoms with Crippen LogP contribution >= 0.6 is 0 Å². The molecule has 0 saturated carbocycles. The van der Waals surface area contributed by atoms with Crippen molar-refractivity contribution in [2.24, 2.45) is 0 Å². The molecule has 1 aromatic carbocycles. The third-order valence-electron chi connectivity index (χ3n) is 2.90. The van der Waals surface area contributed by atoms with Gasteiger partial charge in [0, 0.05) is 23.3 Å². The van der Waals surface area contributed by atoms with E-state index in [1.165, 1.54) is 0 Å². The number of H-pyrrole nitrogens is 1. The van der Waals surface area contributed by atoms with Crippen molar-refractivity contribution in [2.75, 3.05) is 6.61 Å². The third kappa shape index (κ3) is 1.95. The van der Waals surface area contributed by atoms with Crippen LogP contribution in [0.25, 0.3) is 22.2 Å². The van der Waals surface area contributed by atoms with Gasteiger partial charge in [0.2, 0.25) is 0 Å². The van der Waals surface area contributed by atoms with Gasteiger partial charge in [0.05, 0.1) is 6.61 Å². The fourth-order valence-electron chi connectivity index (χ4n) is 2.01. The molecule has 1 N–H and O–H groups in total. The molecule has 0 atom stereocenters. The Hall–Kier alpha value is -2.29. The first-order valence-corrected chi connectivity index (χ1v) is 6.03. The summed E-state index contributed by atoms with van der Waals surface area (Å²) in [5.74, 6) is 0.900.